The molecule has 1 aromatic heterocycles. The number of hydrogen-bond acceptors (Lipinski definition) is 5. The first kappa shape index (κ1) is 18.9. The number of amides is 1. The molecular weight excluding hydrogens is 360 g/mol. The molecule has 3 aromatic rings. The molecule has 0 saturated carbocycles. The van der Waals surface area contributed by atoms with E-state index in [0.29, 0.717) is 28.8 Å². The zero-order chi connectivity index (χ0) is 19.4. The van der Waals surface area contributed by atoms with Gasteiger partial charge in [-0.25, -0.2) is 4.98 Å². The fourth-order valence-electron chi connectivity index (χ4n) is 2.62. The average molecular weight is 382 g/mol. The molecule has 140 valence electrons. The Labute approximate surface area is 163 Å². The Morgan fingerprint density at radius 2 is 1.81 bits per heavy atom. The lowest BCUT2D eigenvalue weighted by atomic mass is 10.0. The van der Waals surface area contributed by atoms with Crippen molar-refractivity contribution in [3.8, 4) is 22.1 Å². The summed E-state index contributed by atoms with van der Waals surface area (Å²) in [5.74, 6) is 1.39. The summed E-state index contributed by atoms with van der Waals surface area (Å²) in [5, 5.41) is 5.41. The minimum Gasteiger partial charge on any atom is -0.497 e. The quantitative estimate of drug-likeness (QED) is 0.636. The van der Waals surface area contributed by atoms with Gasteiger partial charge in [0.2, 0.25) is 0 Å². The smallest absolute Gasteiger partial charge is 0.275 e. The number of benzene rings is 2. The molecule has 2 aromatic carbocycles. The molecule has 0 radical (unpaired) electrons. The van der Waals surface area contributed by atoms with Gasteiger partial charge in [0.05, 0.1) is 19.9 Å². The Morgan fingerprint density at radius 3 is 2.44 bits per heavy atom. The maximum absolute atomic E-state index is 12.6. The summed E-state index contributed by atoms with van der Waals surface area (Å²) >= 11 is 1.45. The van der Waals surface area contributed by atoms with Crippen LogP contribution in [0, 0.1) is 0 Å². The third-order valence-electron chi connectivity index (χ3n) is 4.22. The Morgan fingerprint density at radius 1 is 1.07 bits per heavy atom. The van der Waals surface area contributed by atoms with E-state index in [2.05, 4.69) is 36.3 Å². The molecule has 1 heterocycles. The topological polar surface area (TPSA) is 60.5 Å². The molecule has 0 bridgehead atoms. The number of methoxy groups -OCH3 is 2. The van der Waals surface area contributed by atoms with Gasteiger partial charge in [-0.05, 0) is 23.6 Å². The van der Waals surface area contributed by atoms with Crippen molar-refractivity contribution in [2.75, 3.05) is 19.5 Å². The van der Waals surface area contributed by atoms with E-state index in [1.165, 1.54) is 16.9 Å². The number of carbonyl (C=O) groups excluding carboxylic acids is 1. The van der Waals surface area contributed by atoms with Crippen molar-refractivity contribution in [3.05, 3.63) is 59.1 Å². The van der Waals surface area contributed by atoms with Crippen molar-refractivity contribution >= 4 is 22.9 Å². The van der Waals surface area contributed by atoms with Crippen molar-refractivity contribution < 1.29 is 14.3 Å². The second kappa shape index (κ2) is 8.22. The van der Waals surface area contributed by atoms with Gasteiger partial charge in [-0.15, -0.1) is 11.3 Å². The number of rotatable bonds is 6. The monoisotopic (exact) mass is 382 g/mol. The van der Waals surface area contributed by atoms with Crippen LogP contribution in [0.15, 0.2) is 47.8 Å². The normalized spacial score (nSPS) is 10.7. The summed E-state index contributed by atoms with van der Waals surface area (Å²) in [6.45, 7) is 4.32. The van der Waals surface area contributed by atoms with Gasteiger partial charge >= 0.3 is 0 Å². The predicted octanol–water partition coefficient (Wildman–Crippen LogP) is 5.20. The van der Waals surface area contributed by atoms with Gasteiger partial charge in [-0.1, -0.05) is 38.1 Å². The number of nitrogens with one attached hydrogen (secondary N) is 1. The van der Waals surface area contributed by atoms with Crippen LogP contribution in [0.1, 0.15) is 35.8 Å². The minimum atomic E-state index is -0.289. The molecule has 0 aliphatic heterocycles. The second-order valence-electron chi connectivity index (χ2n) is 6.33. The van der Waals surface area contributed by atoms with Gasteiger partial charge in [0.15, 0.2) is 0 Å². The molecule has 3 rings (SSSR count). The van der Waals surface area contributed by atoms with Crippen molar-refractivity contribution in [2.24, 2.45) is 0 Å². The first-order valence-electron chi connectivity index (χ1n) is 8.61. The number of anilines is 1. The van der Waals surface area contributed by atoms with E-state index in [4.69, 9.17) is 9.47 Å². The Hall–Kier alpha value is -2.86. The first-order valence-corrected chi connectivity index (χ1v) is 9.49. The predicted molar refractivity (Wildman–Crippen MR) is 109 cm³/mol. The highest BCUT2D eigenvalue weighted by Crippen LogP contribution is 2.30. The summed E-state index contributed by atoms with van der Waals surface area (Å²) in [6.07, 6.45) is 0. The summed E-state index contributed by atoms with van der Waals surface area (Å²) in [6, 6.07) is 13.5. The first-order chi connectivity index (χ1) is 13.0. The lowest BCUT2D eigenvalue weighted by molar-refractivity contribution is 0.102. The van der Waals surface area contributed by atoms with E-state index in [9.17, 15) is 4.79 Å². The SMILES string of the molecule is COc1ccc(OC)c(NC(=O)c2csc(-c3ccc(C(C)C)cc3)n2)c1. The summed E-state index contributed by atoms with van der Waals surface area (Å²) in [7, 11) is 3.13. The molecule has 0 fully saturated rings. The number of nitrogens with zero attached hydrogens (tertiary/aromatic N) is 1. The highest BCUT2D eigenvalue weighted by molar-refractivity contribution is 7.13. The van der Waals surface area contributed by atoms with Crippen LogP contribution >= 0.6 is 11.3 Å². The van der Waals surface area contributed by atoms with Gasteiger partial charge in [-0.2, -0.15) is 0 Å². The molecule has 1 amide bonds. The molecule has 0 saturated heterocycles. The molecule has 27 heavy (non-hydrogen) atoms. The maximum Gasteiger partial charge on any atom is 0.275 e. The van der Waals surface area contributed by atoms with E-state index < -0.39 is 0 Å². The average Bonchev–Trinajstić information content (AvgIpc) is 3.18. The molecule has 0 unspecified atom stereocenters. The Bertz CT molecular complexity index is 933. The standard InChI is InChI=1S/C21H22N2O3S/c1-13(2)14-5-7-15(8-6-14)21-23-18(12-27-21)20(24)22-17-11-16(25-3)9-10-19(17)26-4/h5-13H,1-4H3,(H,22,24). The number of ether oxygens (including phenoxy) is 2. The van der Waals surface area contributed by atoms with Crippen molar-refractivity contribution in [1.29, 1.82) is 0 Å². The van der Waals surface area contributed by atoms with Gasteiger partial charge in [-0.3, -0.25) is 4.79 Å². The van der Waals surface area contributed by atoms with Gasteiger partial charge in [0.1, 0.15) is 22.2 Å². The highest BCUT2D eigenvalue weighted by Gasteiger charge is 2.15. The summed E-state index contributed by atoms with van der Waals surface area (Å²) in [4.78, 5) is 17.1. The van der Waals surface area contributed by atoms with E-state index in [0.717, 1.165) is 10.6 Å². The van der Waals surface area contributed by atoms with Crippen LogP contribution in [0.2, 0.25) is 0 Å². The second-order valence-corrected chi connectivity index (χ2v) is 7.19. The summed E-state index contributed by atoms with van der Waals surface area (Å²) < 4.78 is 10.5. The van der Waals surface area contributed by atoms with Crippen LogP contribution in [0.4, 0.5) is 5.69 Å². The lowest BCUT2D eigenvalue weighted by Gasteiger charge is -2.10. The molecule has 0 aliphatic rings. The molecule has 0 spiro atoms. The van der Waals surface area contributed by atoms with E-state index >= 15 is 0 Å². The lowest BCUT2D eigenvalue weighted by Crippen LogP contribution is -2.13. The molecule has 6 heteroatoms. The third-order valence-corrected chi connectivity index (χ3v) is 5.11. The van der Waals surface area contributed by atoms with Crippen LogP contribution < -0.4 is 14.8 Å². The Kier molecular flexibility index (Phi) is 5.76. The zero-order valence-corrected chi connectivity index (χ0v) is 16.6. The van der Waals surface area contributed by atoms with Gasteiger partial charge < -0.3 is 14.8 Å². The van der Waals surface area contributed by atoms with Crippen LogP contribution in [-0.2, 0) is 0 Å². The van der Waals surface area contributed by atoms with Gasteiger partial charge in [0.25, 0.3) is 5.91 Å². The highest BCUT2D eigenvalue weighted by atomic mass is 32.1. The largest absolute Gasteiger partial charge is 0.497 e. The molecule has 1 N–H and O–H groups in total. The molecular formula is C21H22N2O3S. The zero-order valence-electron chi connectivity index (χ0n) is 15.8. The number of carbonyl (C=O) groups is 1. The van der Waals surface area contributed by atoms with Crippen LogP contribution in [0.5, 0.6) is 11.5 Å². The molecule has 5 nitrogen and oxygen atoms in total. The van der Waals surface area contributed by atoms with Crippen molar-refractivity contribution in [1.82, 2.24) is 4.98 Å². The maximum atomic E-state index is 12.6. The summed E-state index contributed by atoms with van der Waals surface area (Å²) in [5.41, 5.74) is 3.19. The van der Waals surface area contributed by atoms with E-state index in [1.807, 2.05) is 12.1 Å². The van der Waals surface area contributed by atoms with E-state index in [1.54, 1.807) is 37.8 Å². The van der Waals surface area contributed by atoms with Gasteiger partial charge in [0, 0.05) is 17.0 Å². The van der Waals surface area contributed by atoms with Crippen LogP contribution in [0.25, 0.3) is 10.6 Å². The van der Waals surface area contributed by atoms with E-state index in [-0.39, 0.29) is 5.91 Å². The van der Waals surface area contributed by atoms with Crippen molar-refractivity contribution in [3.63, 3.8) is 0 Å². The Balaban J connectivity index is 1.79. The van der Waals surface area contributed by atoms with Crippen LogP contribution in [0.3, 0.4) is 0 Å². The fourth-order valence-corrected chi connectivity index (χ4v) is 3.43. The molecule has 0 aliphatic carbocycles. The molecule has 0 atom stereocenters. The number of thiazole rings is 1. The number of aromatic nitrogens is 1. The number of hydrogen-bond donors (Lipinski definition) is 1. The fraction of sp³-hybridized carbons (Fsp3) is 0.238. The van der Waals surface area contributed by atoms with Crippen LogP contribution in [-0.4, -0.2) is 25.1 Å². The van der Waals surface area contributed by atoms with Crippen molar-refractivity contribution in [2.45, 2.75) is 19.8 Å². The minimum absolute atomic E-state index is 0.289. The third kappa shape index (κ3) is 4.28.